The highest BCUT2D eigenvalue weighted by Crippen LogP contribution is 2.18. The van der Waals surface area contributed by atoms with Gasteiger partial charge in [-0.3, -0.25) is 5.32 Å². The van der Waals surface area contributed by atoms with E-state index >= 15 is 0 Å². The van der Waals surface area contributed by atoms with Crippen molar-refractivity contribution in [3.8, 4) is 5.75 Å². The van der Waals surface area contributed by atoms with Crippen molar-refractivity contribution in [3.05, 3.63) is 24.3 Å². The normalized spacial score (nSPS) is 12.6. The summed E-state index contributed by atoms with van der Waals surface area (Å²) in [5.41, 5.74) is 0.142. The summed E-state index contributed by atoms with van der Waals surface area (Å²) in [6.07, 6.45) is 0.705. The van der Waals surface area contributed by atoms with Gasteiger partial charge in [0.15, 0.2) is 0 Å². The molecule has 0 radical (unpaired) electrons. The van der Waals surface area contributed by atoms with E-state index in [1.165, 1.54) is 6.42 Å². The molecule has 0 aliphatic heterocycles. The van der Waals surface area contributed by atoms with Crippen LogP contribution < -0.4 is 15.4 Å². The van der Waals surface area contributed by atoms with Crippen LogP contribution in [0.5, 0.6) is 5.75 Å². The summed E-state index contributed by atoms with van der Waals surface area (Å²) in [5, 5.41) is 6.07. The molecular weight excluding hydrogens is 292 g/mol. The number of amides is 1. The van der Waals surface area contributed by atoms with E-state index in [9.17, 15) is 4.79 Å². The Morgan fingerprint density at radius 2 is 2.04 bits per heavy atom. The molecule has 0 saturated heterocycles. The molecule has 5 nitrogen and oxygen atoms in total. The van der Waals surface area contributed by atoms with Crippen molar-refractivity contribution in [2.75, 3.05) is 25.0 Å². The van der Waals surface area contributed by atoms with Gasteiger partial charge in [-0.25, -0.2) is 4.79 Å². The standard InChI is InChI=1S/C18H30N2O3/c1-6-14(2)13-19-10-11-22-16-9-7-8-15(12-16)20-17(21)23-18(3,4)5/h7-9,12,14,19H,6,10-11,13H2,1-5H3,(H,20,21). The lowest BCUT2D eigenvalue weighted by molar-refractivity contribution is 0.0636. The number of carbonyl (C=O) groups excluding carboxylic acids is 1. The van der Waals surface area contributed by atoms with Gasteiger partial charge < -0.3 is 14.8 Å². The number of benzene rings is 1. The van der Waals surface area contributed by atoms with Crippen LogP contribution in [0, 0.1) is 5.92 Å². The minimum Gasteiger partial charge on any atom is -0.492 e. The van der Waals surface area contributed by atoms with Crippen molar-refractivity contribution in [3.63, 3.8) is 0 Å². The van der Waals surface area contributed by atoms with Crippen molar-refractivity contribution in [2.24, 2.45) is 5.92 Å². The average Bonchev–Trinajstić information content (AvgIpc) is 2.45. The third-order valence-corrected chi connectivity index (χ3v) is 3.22. The maximum atomic E-state index is 11.7. The highest BCUT2D eigenvalue weighted by molar-refractivity contribution is 5.85. The Kier molecular flexibility index (Phi) is 7.89. The highest BCUT2D eigenvalue weighted by Gasteiger charge is 2.16. The van der Waals surface area contributed by atoms with E-state index < -0.39 is 11.7 Å². The largest absolute Gasteiger partial charge is 0.492 e. The quantitative estimate of drug-likeness (QED) is 0.709. The van der Waals surface area contributed by atoms with Crippen molar-refractivity contribution >= 4 is 11.8 Å². The first-order valence-corrected chi connectivity index (χ1v) is 8.23. The third-order valence-electron chi connectivity index (χ3n) is 3.22. The van der Waals surface area contributed by atoms with Gasteiger partial charge in [-0.1, -0.05) is 26.3 Å². The van der Waals surface area contributed by atoms with Crippen molar-refractivity contribution < 1.29 is 14.3 Å². The van der Waals surface area contributed by atoms with Gasteiger partial charge in [0.25, 0.3) is 0 Å². The zero-order valence-electron chi connectivity index (χ0n) is 14.9. The van der Waals surface area contributed by atoms with Crippen LogP contribution in [0.1, 0.15) is 41.0 Å². The molecule has 0 saturated carbocycles. The second-order valence-electron chi connectivity index (χ2n) is 6.72. The van der Waals surface area contributed by atoms with E-state index in [1.807, 2.05) is 32.9 Å². The van der Waals surface area contributed by atoms with Gasteiger partial charge in [0, 0.05) is 18.3 Å². The lowest BCUT2D eigenvalue weighted by Crippen LogP contribution is -2.27. The summed E-state index contributed by atoms with van der Waals surface area (Å²) in [5.74, 6) is 1.40. The minimum absolute atomic E-state index is 0.468. The van der Waals surface area contributed by atoms with Crippen LogP contribution in [0.3, 0.4) is 0 Å². The fraction of sp³-hybridized carbons (Fsp3) is 0.611. The molecule has 130 valence electrons. The predicted molar refractivity (Wildman–Crippen MR) is 94.1 cm³/mol. The first kappa shape index (κ1) is 19.3. The Bertz CT molecular complexity index is 483. The fourth-order valence-corrected chi connectivity index (χ4v) is 1.82. The molecule has 1 rings (SSSR count). The Labute approximate surface area is 139 Å². The summed E-state index contributed by atoms with van der Waals surface area (Å²) in [6, 6.07) is 7.31. The molecule has 0 fully saturated rings. The minimum atomic E-state index is -0.514. The maximum absolute atomic E-state index is 11.7. The van der Waals surface area contributed by atoms with E-state index in [4.69, 9.17) is 9.47 Å². The number of anilines is 1. The smallest absolute Gasteiger partial charge is 0.412 e. The van der Waals surface area contributed by atoms with Crippen LogP contribution in [0.25, 0.3) is 0 Å². The predicted octanol–water partition coefficient (Wildman–Crippen LogP) is 4.05. The van der Waals surface area contributed by atoms with E-state index in [0.717, 1.165) is 18.8 Å². The summed E-state index contributed by atoms with van der Waals surface area (Å²) in [7, 11) is 0. The zero-order valence-corrected chi connectivity index (χ0v) is 14.9. The molecule has 2 N–H and O–H groups in total. The monoisotopic (exact) mass is 322 g/mol. The molecule has 0 aliphatic rings. The Hall–Kier alpha value is -1.75. The molecule has 1 aromatic rings. The molecule has 0 bridgehead atoms. The van der Waals surface area contributed by atoms with Crippen molar-refractivity contribution in [1.82, 2.24) is 5.32 Å². The molecule has 1 amide bonds. The number of hydrogen-bond donors (Lipinski definition) is 2. The third kappa shape index (κ3) is 9.08. The van der Waals surface area contributed by atoms with Crippen LogP contribution in [0.2, 0.25) is 0 Å². The molecule has 0 heterocycles. The van der Waals surface area contributed by atoms with E-state index in [0.29, 0.717) is 18.2 Å². The van der Waals surface area contributed by atoms with E-state index in [1.54, 1.807) is 12.1 Å². The fourth-order valence-electron chi connectivity index (χ4n) is 1.82. The SMILES string of the molecule is CCC(C)CNCCOc1cccc(NC(=O)OC(C)(C)C)c1. The number of carbonyl (C=O) groups is 1. The van der Waals surface area contributed by atoms with Crippen molar-refractivity contribution in [1.29, 1.82) is 0 Å². The molecule has 0 aromatic heterocycles. The molecule has 1 aromatic carbocycles. The Morgan fingerprint density at radius 3 is 2.70 bits per heavy atom. The van der Waals surface area contributed by atoms with Gasteiger partial charge in [-0.05, 0) is 45.4 Å². The molecule has 0 aliphatic carbocycles. The van der Waals surface area contributed by atoms with Crippen LogP contribution >= 0.6 is 0 Å². The second-order valence-corrected chi connectivity index (χ2v) is 6.72. The molecule has 5 heteroatoms. The lowest BCUT2D eigenvalue weighted by atomic mass is 10.1. The van der Waals surface area contributed by atoms with Crippen molar-refractivity contribution in [2.45, 2.75) is 46.6 Å². The van der Waals surface area contributed by atoms with Crippen LogP contribution in [-0.2, 0) is 4.74 Å². The van der Waals surface area contributed by atoms with E-state index in [2.05, 4.69) is 24.5 Å². The van der Waals surface area contributed by atoms with Crippen LogP contribution in [0.15, 0.2) is 24.3 Å². The zero-order chi connectivity index (χ0) is 17.3. The molecular formula is C18H30N2O3. The molecule has 1 atom stereocenters. The highest BCUT2D eigenvalue weighted by atomic mass is 16.6. The van der Waals surface area contributed by atoms with Gasteiger partial charge in [0.05, 0.1) is 0 Å². The van der Waals surface area contributed by atoms with Gasteiger partial charge in [-0.2, -0.15) is 0 Å². The van der Waals surface area contributed by atoms with Crippen LogP contribution in [0.4, 0.5) is 10.5 Å². The second kappa shape index (κ2) is 9.40. The average molecular weight is 322 g/mol. The van der Waals surface area contributed by atoms with Gasteiger partial charge in [0.1, 0.15) is 18.0 Å². The van der Waals surface area contributed by atoms with E-state index in [-0.39, 0.29) is 0 Å². The summed E-state index contributed by atoms with van der Waals surface area (Å²) < 4.78 is 10.9. The molecule has 23 heavy (non-hydrogen) atoms. The number of nitrogens with one attached hydrogen (secondary N) is 2. The number of hydrogen-bond acceptors (Lipinski definition) is 4. The van der Waals surface area contributed by atoms with Crippen LogP contribution in [-0.4, -0.2) is 31.4 Å². The Balaban J connectivity index is 2.37. The molecule has 1 unspecified atom stereocenters. The Morgan fingerprint density at radius 1 is 1.30 bits per heavy atom. The maximum Gasteiger partial charge on any atom is 0.412 e. The number of ether oxygens (including phenoxy) is 2. The van der Waals surface area contributed by atoms with Gasteiger partial charge in [-0.15, -0.1) is 0 Å². The first-order valence-electron chi connectivity index (χ1n) is 8.23. The van der Waals surface area contributed by atoms with Gasteiger partial charge in [0.2, 0.25) is 0 Å². The lowest BCUT2D eigenvalue weighted by Gasteiger charge is -2.19. The summed E-state index contributed by atoms with van der Waals surface area (Å²) >= 11 is 0. The first-order chi connectivity index (χ1) is 10.8. The topological polar surface area (TPSA) is 59.6 Å². The van der Waals surface area contributed by atoms with Gasteiger partial charge >= 0.3 is 6.09 Å². The summed E-state index contributed by atoms with van der Waals surface area (Å²) in [4.78, 5) is 11.7. The molecule has 0 spiro atoms. The summed E-state index contributed by atoms with van der Waals surface area (Å²) in [6.45, 7) is 12.3. The number of rotatable bonds is 8.